The quantitative estimate of drug-likeness (QED) is 0.728. The lowest BCUT2D eigenvalue weighted by molar-refractivity contribution is -0.123. The van der Waals surface area contributed by atoms with E-state index in [1.807, 2.05) is 6.07 Å². The molecular formula is C18H17Cl2NO3S. The molecule has 0 fully saturated rings. The fourth-order valence-electron chi connectivity index (χ4n) is 2.71. The second-order valence-corrected chi connectivity index (χ2v) is 7.85. The Morgan fingerprint density at radius 2 is 1.88 bits per heavy atom. The predicted octanol–water partition coefficient (Wildman–Crippen LogP) is 5.12. The van der Waals surface area contributed by atoms with Crippen LogP contribution in [0.4, 0.5) is 5.69 Å². The van der Waals surface area contributed by atoms with Crippen LogP contribution in [0.5, 0.6) is 0 Å². The summed E-state index contributed by atoms with van der Waals surface area (Å²) in [5, 5.41) is 3.26. The van der Waals surface area contributed by atoms with Gasteiger partial charge in [0.2, 0.25) is 0 Å². The highest BCUT2D eigenvalue weighted by atomic mass is 35.5. The van der Waals surface area contributed by atoms with Crippen LogP contribution in [0.3, 0.4) is 0 Å². The van der Waals surface area contributed by atoms with Crippen molar-refractivity contribution in [3.05, 3.63) is 49.6 Å². The molecule has 4 nitrogen and oxygen atoms in total. The molecule has 0 saturated carbocycles. The van der Waals surface area contributed by atoms with E-state index in [2.05, 4.69) is 5.32 Å². The Bertz CT molecular complexity index is 775. The average Bonchev–Trinajstić information content (AvgIpc) is 3.02. The number of para-hydroxylation sites is 1. The smallest absolute Gasteiger partial charge is 0.349 e. The number of anilines is 1. The number of amides is 1. The summed E-state index contributed by atoms with van der Waals surface area (Å²) in [4.78, 5) is 26.4. The number of fused-ring (bicyclic) bond motifs is 1. The number of hydrogen-bond acceptors (Lipinski definition) is 4. The molecule has 25 heavy (non-hydrogen) atoms. The van der Waals surface area contributed by atoms with E-state index in [-0.39, 0.29) is 0 Å². The highest BCUT2D eigenvalue weighted by Gasteiger charge is 2.23. The van der Waals surface area contributed by atoms with Crippen molar-refractivity contribution in [2.75, 3.05) is 5.32 Å². The summed E-state index contributed by atoms with van der Waals surface area (Å²) in [5.41, 5.74) is 1.54. The van der Waals surface area contributed by atoms with Gasteiger partial charge in [-0.2, -0.15) is 0 Å². The number of halogens is 2. The Hall–Kier alpha value is -1.56. The molecule has 0 unspecified atom stereocenters. The maximum Gasteiger partial charge on any atom is 0.349 e. The van der Waals surface area contributed by atoms with Gasteiger partial charge in [-0.25, -0.2) is 4.79 Å². The second-order valence-electron chi connectivity index (χ2n) is 5.90. The van der Waals surface area contributed by atoms with Crippen molar-refractivity contribution in [1.82, 2.24) is 0 Å². The number of aryl methyl sites for hydroxylation is 2. The largest absolute Gasteiger partial charge is 0.448 e. The number of benzene rings is 1. The fourth-order valence-corrected chi connectivity index (χ4v) is 4.33. The maximum atomic E-state index is 12.3. The van der Waals surface area contributed by atoms with Crippen LogP contribution in [0.15, 0.2) is 24.3 Å². The molecule has 0 aliphatic heterocycles. The minimum atomic E-state index is -0.959. The summed E-state index contributed by atoms with van der Waals surface area (Å²) >= 11 is 13.5. The first-order valence-corrected chi connectivity index (χ1v) is 9.60. The van der Waals surface area contributed by atoms with Gasteiger partial charge >= 0.3 is 5.97 Å². The summed E-state index contributed by atoms with van der Waals surface area (Å²) < 4.78 is 5.30. The molecular weight excluding hydrogens is 381 g/mol. The first kappa shape index (κ1) is 18.2. The predicted molar refractivity (Wildman–Crippen MR) is 101 cm³/mol. The van der Waals surface area contributed by atoms with E-state index in [1.54, 1.807) is 18.2 Å². The molecule has 0 bridgehead atoms. The normalized spacial score (nSPS) is 14.5. The molecule has 1 aromatic heterocycles. The van der Waals surface area contributed by atoms with Crippen molar-refractivity contribution in [3.63, 3.8) is 0 Å². The van der Waals surface area contributed by atoms with E-state index >= 15 is 0 Å². The molecule has 2 aromatic rings. The summed E-state index contributed by atoms with van der Waals surface area (Å²) in [6, 6.07) is 6.81. The fraction of sp³-hybridized carbons (Fsp3) is 0.333. The third-order valence-corrected chi connectivity index (χ3v) is 5.91. The number of esters is 1. The number of thiophene rings is 1. The van der Waals surface area contributed by atoms with Gasteiger partial charge in [-0.3, -0.25) is 4.79 Å². The van der Waals surface area contributed by atoms with Gasteiger partial charge in [0.1, 0.15) is 4.88 Å². The molecule has 1 N–H and O–H groups in total. The lowest BCUT2D eigenvalue weighted by atomic mass is 9.99. The topological polar surface area (TPSA) is 55.4 Å². The highest BCUT2D eigenvalue weighted by molar-refractivity contribution is 7.14. The molecule has 132 valence electrons. The number of carbonyl (C=O) groups excluding carboxylic acids is 2. The van der Waals surface area contributed by atoms with Crippen LogP contribution in [-0.4, -0.2) is 18.0 Å². The molecule has 0 saturated heterocycles. The van der Waals surface area contributed by atoms with Crippen molar-refractivity contribution in [2.45, 2.75) is 38.7 Å². The number of nitrogens with one attached hydrogen (secondary N) is 1. The molecule has 7 heteroatoms. The number of rotatable bonds is 4. The van der Waals surface area contributed by atoms with Gasteiger partial charge in [0.05, 0.1) is 15.7 Å². The Morgan fingerprint density at radius 3 is 2.56 bits per heavy atom. The SMILES string of the molecule is C[C@H](OC(=O)c1cc2c(s1)CCCC2)C(=O)Nc1c(Cl)cccc1Cl. The third-order valence-electron chi connectivity index (χ3n) is 4.06. The number of hydrogen-bond donors (Lipinski definition) is 1. The molecule has 1 heterocycles. The zero-order chi connectivity index (χ0) is 18.0. The zero-order valence-corrected chi connectivity index (χ0v) is 15.9. The second kappa shape index (κ2) is 7.77. The van der Waals surface area contributed by atoms with Gasteiger partial charge in [-0.1, -0.05) is 29.3 Å². The average molecular weight is 398 g/mol. The van der Waals surface area contributed by atoms with Crippen LogP contribution in [-0.2, 0) is 22.4 Å². The molecule has 1 aromatic carbocycles. The third kappa shape index (κ3) is 4.17. The molecule has 3 rings (SSSR count). The van der Waals surface area contributed by atoms with Crippen LogP contribution >= 0.6 is 34.5 Å². The van der Waals surface area contributed by atoms with E-state index in [4.69, 9.17) is 27.9 Å². The monoisotopic (exact) mass is 397 g/mol. The molecule has 1 amide bonds. The van der Waals surface area contributed by atoms with E-state index in [1.165, 1.54) is 28.7 Å². The van der Waals surface area contributed by atoms with Crippen LogP contribution in [0.25, 0.3) is 0 Å². The Balaban J connectivity index is 1.65. The van der Waals surface area contributed by atoms with Crippen molar-refractivity contribution in [1.29, 1.82) is 0 Å². The summed E-state index contributed by atoms with van der Waals surface area (Å²) in [6.45, 7) is 1.52. The van der Waals surface area contributed by atoms with Gasteiger partial charge in [-0.05, 0) is 56.4 Å². The number of carbonyl (C=O) groups is 2. The first-order chi connectivity index (χ1) is 12.0. The lowest BCUT2D eigenvalue weighted by Crippen LogP contribution is -2.30. The van der Waals surface area contributed by atoms with Gasteiger partial charge in [0.15, 0.2) is 6.10 Å². The molecule has 0 radical (unpaired) electrons. The Kier molecular flexibility index (Phi) is 5.67. The molecule has 1 aliphatic rings. The van der Waals surface area contributed by atoms with Crippen LogP contribution in [0.1, 0.15) is 39.9 Å². The summed E-state index contributed by atoms with van der Waals surface area (Å²) in [6.07, 6.45) is 3.35. The Morgan fingerprint density at radius 1 is 1.20 bits per heavy atom. The van der Waals surface area contributed by atoms with E-state index in [0.29, 0.717) is 20.6 Å². The van der Waals surface area contributed by atoms with Crippen molar-refractivity contribution in [3.8, 4) is 0 Å². The van der Waals surface area contributed by atoms with Crippen molar-refractivity contribution in [2.24, 2.45) is 0 Å². The van der Waals surface area contributed by atoms with Gasteiger partial charge < -0.3 is 10.1 Å². The standard InChI is InChI=1S/C18H17Cl2NO3S/c1-10(17(22)21-16-12(19)6-4-7-13(16)20)24-18(23)15-9-11-5-2-3-8-14(11)25-15/h4,6-7,9-10H,2-3,5,8H2,1H3,(H,21,22)/t10-/m0/s1. The van der Waals surface area contributed by atoms with Crippen molar-refractivity contribution < 1.29 is 14.3 Å². The summed E-state index contributed by atoms with van der Waals surface area (Å²) in [5.74, 6) is -0.961. The van der Waals surface area contributed by atoms with Crippen LogP contribution < -0.4 is 5.32 Å². The number of ether oxygens (including phenoxy) is 1. The van der Waals surface area contributed by atoms with Crippen LogP contribution in [0, 0.1) is 0 Å². The van der Waals surface area contributed by atoms with Gasteiger partial charge in [-0.15, -0.1) is 11.3 Å². The first-order valence-electron chi connectivity index (χ1n) is 8.03. The van der Waals surface area contributed by atoms with Gasteiger partial charge in [0, 0.05) is 4.88 Å². The van der Waals surface area contributed by atoms with Crippen LogP contribution in [0.2, 0.25) is 10.0 Å². The Labute approximate surface area is 160 Å². The maximum absolute atomic E-state index is 12.3. The van der Waals surface area contributed by atoms with E-state index < -0.39 is 18.0 Å². The zero-order valence-electron chi connectivity index (χ0n) is 13.6. The van der Waals surface area contributed by atoms with Crippen molar-refractivity contribution >= 4 is 52.1 Å². The molecule has 1 atom stereocenters. The molecule has 0 spiro atoms. The lowest BCUT2D eigenvalue weighted by Gasteiger charge is -2.14. The summed E-state index contributed by atoms with van der Waals surface area (Å²) in [7, 11) is 0. The minimum Gasteiger partial charge on any atom is -0.448 e. The van der Waals surface area contributed by atoms with E-state index in [0.717, 1.165) is 25.7 Å². The molecule has 1 aliphatic carbocycles. The van der Waals surface area contributed by atoms with Gasteiger partial charge in [0.25, 0.3) is 5.91 Å². The van der Waals surface area contributed by atoms with E-state index in [9.17, 15) is 9.59 Å². The minimum absolute atomic E-state index is 0.310. The highest BCUT2D eigenvalue weighted by Crippen LogP contribution is 2.31.